The van der Waals surface area contributed by atoms with Gasteiger partial charge in [0.25, 0.3) is 0 Å². The monoisotopic (exact) mass is 380 g/mol. The number of ketones is 1. The molecular weight excluding hydrogens is 363 g/mol. The highest BCUT2D eigenvalue weighted by Gasteiger charge is 2.10. The van der Waals surface area contributed by atoms with Gasteiger partial charge >= 0.3 is 0 Å². The molecule has 0 unspecified atom stereocenters. The molecule has 0 saturated carbocycles. The van der Waals surface area contributed by atoms with Crippen molar-refractivity contribution >= 4 is 28.4 Å². The Morgan fingerprint density at radius 3 is 2.55 bits per heavy atom. The van der Waals surface area contributed by atoms with E-state index in [1.807, 2.05) is 61.3 Å². The Morgan fingerprint density at radius 1 is 1.20 bits per heavy atom. The molecular formula is C16H17IN2O. The topological polar surface area (TPSA) is 33.2 Å². The van der Waals surface area contributed by atoms with Crippen LogP contribution >= 0.6 is 22.6 Å². The second kappa shape index (κ2) is 6.95. The van der Waals surface area contributed by atoms with Crippen molar-refractivity contribution in [2.75, 3.05) is 13.6 Å². The van der Waals surface area contributed by atoms with Gasteiger partial charge in [-0.3, -0.25) is 14.7 Å². The van der Waals surface area contributed by atoms with Crippen LogP contribution in [0.5, 0.6) is 0 Å². The van der Waals surface area contributed by atoms with Crippen molar-refractivity contribution in [3.05, 3.63) is 63.0 Å². The number of benzene rings is 1. The standard InChI is InChI=1S/C16H17IN2O/c1-12-4-3-5-15(18-12)10-19(2)11-16(20)13-6-8-14(17)9-7-13/h3-9H,10-11H2,1-2H3. The number of likely N-dealkylation sites (N-methyl/N-ethyl adjacent to an activating group) is 1. The van der Waals surface area contributed by atoms with Crippen LogP contribution in [0.25, 0.3) is 0 Å². The number of carbonyl (C=O) groups excluding carboxylic acids is 1. The molecule has 0 aliphatic rings. The van der Waals surface area contributed by atoms with E-state index >= 15 is 0 Å². The van der Waals surface area contributed by atoms with Crippen molar-refractivity contribution in [3.63, 3.8) is 0 Å². The summed E-state index contributed by atoms with van der Waals surface area (Å²) in [6, 6.07) is 13.6. The maximum Gasteiger partial charge on any atom is 0.176 e. The van der Waals surface area contributed by atoms with Crippen LogP contribution in [0.3, 0.4) is 0 Å². The summed E-state index contributed by atoms with van der Waals surface area (Å²) in [6.45, 7) is 3.05. The van der Waals surface area contributed by atoms with Gasteiger partial charge in [0.15, 0.2) is 5.78 Å². The summed E-state index contributed by atoms with van der Waals surface area (Å²) in [4.78, 5) is 18.6. The highest BCUT2D eigenvalue weighted by molar-refractivity contribution is 14.1. The number of Topliss-reactive ketones (excluding diaryl/α,β-unsaturated/α-hetero) is 1. The van der Waals surface area contributed by atoms with E-state index < -0.39 is 0 Å². The van der Waals surface area contributed by atoms with E-state index in [4.69, 9.17) is 0 Å². The van der Waals surface area contributed by atoms with Crippen molar-refractivity contribution in [1.29, 1.82) is 0 Å². The molecule has 4 heteroatoms. The predicted octanol–water partition coefficient (Wildman–Crippen LogP) is 3.31. The number of aromatic nitrogens is 1. The average Bonchev–Trinajstić information content (AvgIpc) is 2.39. The minimum Gasteiger partial charge on any atom is -0.293 e. The fourth-order valence-electron chi connectivity index (χ4n) is 1.99. The molecule has 2 aromatic rings. The van der Waals surface area contributed by atoms with Gasteiger partial charge in [0.2, 0.25) is 0 Å². The van der Waals surface area contributed by atoms with Crippen molar-refractivity contribution in [1.82, 2.24) is 9.88 Å². The SMILES string of the molecule is Cc1cccc(CN(C)CC(=O)c2ccc(I)cc2)n1. The van der Waals surface area contributed by atoms with Gasteiger partial charge in [-0.1, -0.05) is 18.2 Å². The first-order valence-electron chi connectivity index (χ1n) is 6.44. The quantitative estimate of drug-likeness (QED) is 0.590. The molecule has 0 aliphatic carbocycles. The summed E-state index contributed by atoms with van der Waals surface area (Å²) < 4.78 is 1.14. The molecule has 0 amide bonds. The molecule has 3 nitrogen and oxygen atoms in total. The first-order valence-corrected chi connectivity index (χ1v) is 7.52. The Labute approximate surface area is 133 Å². The molecule has 104 valence electrons. The summed E-state index contributed by atoms with van der Waals surface area (Å²) in [5.74, 6) is 0.136. The number of carbonyl (C=O) groups is 1. The Hall–Kier alpha value is -1.27. The predicted molar refractivity (Wildman–Crippen MR) is 88.8 cm³/mol. The van der Waals surface area contributed by atoms with E-state index in [1.165, 1.54) is 0 Å². The lowest BCUT2D eigenvalue weighted by Crippen LogP contribution is -2.26. The third-order valence-electron chi connectivity index (χ3n) is 2.96. The smallest absolute Gasteiger partial charge is 0.176 e. The van der Waals surface area contributed by atoms with Gasteiger partial charge in [0, 0.05) is 21.4 Å². The molecule has 0 bridgehead atoms. The van der Waals surface area contributed by atoms with E-state index in [0.717, 1.165) is 20.5 Å². The molecule has 20 heavy (non-hydrogen) atoms. The summed E-state index contributed by atoms with van der Waals surface area (Å²) in [5, 5.41) is 0. The average molecular weight is 380 g/mol. The largest absolute Gasteiger partial charge is 0.293 e. The number of pyridine rings is 1. The lowest BCUT2D eigenvalue weighted by Gasteiger charge is -2.15. The maximum atomic E-state index is 12.2. The Morgan fingerprint density at radius 2 is 1.90 bits per heavy atom. The van der Waals surface area contributed by atoms with Gasteiger partial charge in [0.05, 0.1) is 12.2 Å². The normalized spacial score (nSPS) is 10.8. The summed E-state index contributed by atoms with van der Waals surface area (Å²) in [5.41, 5.74) is 2.75. The van der Waals surface area contributed by atoms with Crippen LogP contribution in [0.2, 0.25) is 0 Å². The van der Waals surface area contributed by atoms with Gasteiger partial charge in [-0.05, 0) is 60.8 Å². The Balaban J connectivity index is 1.95. The van der Waals surface area contributed by atoms with Crippen LogP contribution in [0, 0.1) is 10.5 Å². The fourth-order valence-corrected chi connectivity index (χ4v) is 2.35. The highest BCUT2D eigenvalue weighted by Crippen LogP contribution is 2.09. The lowest BCUT2D eigenvalue weighted by molar-refractivity contribution is 0.0942. The van der Waals surface area contributed by atoms with Gasteiger partial charge in [-0.15, -0.1) is 0 Å². The number of nitrogens with zero attached hydrogens (tertiary/aromatic N) is 2. The van der Waals surface area contributed by atoms with Crippen molar-refractivity contribution in [2.45, 2.75) is 13.5 Å². The van der Waals surface area contributed by atoms with Crippen LogP contribution in [0.15, 0.2) is 42.5 Å². The number of hydrogen-bond donors (Lipinski definition) is 0. The number of halogens is 1. The zero-order valence-corrected chi connectivity index (χ0v) is 13.8. The number of rotatable bonds is 5. The molecule has 0 fully saturated rings. The first-order chi connectivity index (χ1) is 9.54. The van der Waals surface area contributed by atoms with E-state index in [1.54, 1.807) is 0 Å². The van der Waals surface area contributed by atoms with Gasteiger partial charge in [0.1, 0.15) is 0 Å². The van der Waals surface area contributed by atoms with Gasteiger partial charge in [-0.2, -0.15) is 0 Å². The van der Waals surface area contributed by atoms with Gasteiger partial charge < -0.3 is 0 Å². The molecule has 1 heterocycles. The minimum absolute atomic E-state index is 0.136. The Kier molecular flexibility index (Phi) is 5.25. The molecule has 0 saturated heterocycles. The second-order valence-corrected chi connectivity index (χ2v) is 6.12. The van der Waals surface area contributed by atoms with Crippen molar-refractivity contribution in [3.8, 4) is 0 Å². The molecule has 2 rings (SSSR count). The Bertz CT molecular complexity index is 596. The molecule has 0 atom stereocenters. The molecule has 1 aromatic heterocycles. The van der Waals surface area contributed by atoms with Crippen LogP contribution in [-0.2, 0) is 6.54 Å². The summed E-state index contributed by atoms with van der Waals surface area (Å²) >= 11 is 2.23. The maximum absolute atomic E-state index is 12.2. The van der Waals surface area contributed by atoms with Crippen LogP contribution in [0.4, 0.5) is 0 Å². The van der Waals surface area contributed by atoms with E-state index in [-0.39, 0.29) is 5.78 Å². The summed E-state index contributed by atoms with van der Waals surface area (Å²) in [6.07, 6.45) is 0. The molecule has 0 aliphatic heterocycles. The summed E-state index contributed by atoms with van der Waals surface area (Å²) in [7, 11) is 1.94. The number of hydrogen-bond acceptors (Lipinski definition) is 3. The molecule has 0 spiro atoms. The van der Waals surface area contributed by atoms with Crippen LogP contribution < -0.4 is 0 Å². The molecule has 0 radical (unpaired) electrons. The zero-order valence-electron chi connectivity index (χ0n) is 11.6. The van der Waals surface area contributed by atoms with Crippen LogP contribution in [-0.4, -0.2) is 29.3 Å². The third-order valence-corrected chi connectivity index (χ3v) is 3.68. The lowest BCUT2D eigenvalue weighted by atomic mass is 10.1. The third kappa shape index (κ3) is 4.38. The first kappa shape index (κ1) is 15.1. The van der Waals surface area contributed by atoms with Crippen molar-refractivity contribution < 1.29 is 4.79 Å². The van der Waals surface area contributed by atoms with E-state index in [2.05, 4.69) is 27.6 Å². The molecule has 1 aromatic carbocycles. The van der Waals surface area contributed by atoms with E-state index in [0.29, 0.717) is 13.1 Å². The minimum atomic E-state index is 0.136. The second-order valence-electron chi connectivity index (χ2n) is 4.87. The molecule has 0 N–H and O–H groups in total. The fraction of sp³-hybridized carbons (Fsp3) is 0.250. The van der Waals surface area contributed by atoms with Crippen LogP contribution in [0.1, 0.15) is 21.7 Å². The zero-order chi connectivity index (χ0) is 14.5. The number of aryl methyl sites for hydroxylation is 1. The van der Waals surface area contributed by atoms with Gasteiger partial charge in [-0.25, -0.2) is 0 Å². The van der Waals surface area contributed by atoms with Crippen molar-refractivity contribution in [2.24, 2.45) is 0 Å². The highest BCUT2D eigenvalue weighted by atomic mass is 127. The van der Waals surface area contributed by atoms with E-state index in [9.17, 15) is 4.79 Å².